The van der Waals surface area contributed by atoms with Gasteiger partial charge in [0.15, 0.2) is 18.1 Å². The molecule has 164 valence electrons. The second kappa shape index (κ2) is 11.5. The maximum Gasteiger partial charge on any atom is 0.271 e. The van der Waals surface area contributed by atoms with Gasteiger partial charge in [-0.25, -0.2) is 5.43 Å². The Morgan fingerprint density at radius 1 is 1.09 bits per heavy atom. The van der Waals surface area contributed by atoms with Crippen molar-refractivity contribution in [2.45, 2.75) is 0 Å². The molecule has 3 rings (SSSR count). The Kier molecular flexibility index (Phi) is 8.46. The van der Waals surface area contributed by atoms with Gasteiger partial charge in [0, 0.05) is 5.56 Å². The van der Waals surface area contributed by atoms with Crippen LogP contribution in [0.25, 0.3) is 0 Å². The lowest BCUT2D eigenvalue weighted by Gasteiger charge is -2.14. The number of anilines is 1. The van der Waals surface area contributed by atoms with Crippen LogP contribution in [-0.2, 0) is 4.79 Å². The molecule has 3 aromatic rings. The maximum absolute atomic E-state index is 12.2. The molecular formula is C23H19ClIN3O4. The number of nitrogens with zero attached hydrogens (tertiary/aromatic N) is 1. The van der Waals surface area contributed by atoms with Crippen molar-refractivity contribution in [3.05, 3.63) is 86.4 Å². The van der Waals surface area contributed by atoms with Gasteiger partial charge in [0.25, 0.3) is 11.8 Å². The predicted octanol–water partition coefficient (Wildman–Crippen LogP) is 4.73. The van der Waals surface area contributed by atoms with Gasteiger partial charge in [0.2, 0.25) is 0 Å². The molecule has 2 N–H and O–H groups in total. The van der Waals surface area contributed by atoms with E-state index in [1.165, 1.54) is 13.3 Å². The second-order valence-corrected chi connectivity index (χ2v) is 7.99. The summed E-state index contributed by atoms with van der Waals surface area (Å²) >= 11 is 8.13. The van der Waals surface area contributed by atoms with E-state index in [1.54, 1.807) is 60.7 Å². The van der Waals surface area contributed by atoms with Crippen LogP contribution in [0.1, 0.15) is 15.9 Å². The monoisotopic (exact) mass is 563 g/mol. The number of halogens is 2. The third-order valence-corrected chi connectivity index (χ3v) is 5.29. The first kappa shape index (κ1) is 23.6. The van der Waals surface area contributed by atoms with Crippen LogP contribution < -0.4 is 20.2 Å². The minimum Gasteiger partial charge on any atom is -0.493 e. The predicted molar refractivity (Wildman–Crippen MR) is 133 cm³/mol. The molecule has 0 atom stereocenters. The summed E-state index contributed by atoms with van der Waals surface area (Å²) in [5.74, 6) is 0.185. The molecule has 0 saturated heterocycles. The summed E-state index contributed by atoms with van der Waals surface area (Å²) in [7, 11) is 1.50. The fraction of sp³-hybridized carbons (Fsp3) is 0.0870. The molecule has 0 aliphatic carbocycles. The van der Waals surface area contributed by atoms with Gasteiger partial charge in [-0.15, -0.1) is 0 Å². The fourth-order valence-corrected chi connectivity index (χ4v) is 3.62. The Morgan fingerprint density at radius 3 is 2.53 bits per heavy atom. The lowest BCUT2D eigenvalue weighted by Crippen LogP contribution is -2.21. The average Bonchev–Trinajstić information content (AvgIpc) is 2.80. The molecule has 0 spiro atoms. The van der Waals surface area contributed by atoms with E-state index in [0.717, 1.165) is 0 Å². The first-order valence-electron chi connectivity index (χ1n) is 9.41. The van der Waals surface area contributed by atoms with E-state index in [-0.39, 0.29) is 18.4 Å². The van der Waals surface area contributed by atoms with E-state index >= 15 is 0 Å². The summed E-state index contributed by atoms with van der Waals surface area (Å²) in [6.07, 6.45) is 1.50. The van der Waals surface area contributed by atoms with Crippen molar-refractivity contribution in [1.29, 1.82) is 0 Å². The summed E-state index contributed by atoms with van der Waals surface area (Å²) in [4.78, 5) is 24.3. The number of para-hydroxylation sites is 1. The third-order valence-electron chi connectivity index (χ3n) is 4.16. The van der Waals surface area contributed by atoms with Crippen LogP contribution in [0.15, 0.2) is 71.8 Å². The lowest BCUT2D eigenvalue weighted by atomic mass is 10.2. The number of hydrogen-bond acceptors (Lipinski definition) is 5. The van der Waals surface area contributed by atoms with Crippen LogP contribution in [0.4, 0.5) is 5.69 Å². The summed E-state index contributed by atoms with van der Waals surface area (Å²) in [6.45, 7) is -0.224. The first-order valence-corrected chi connectivity index (χ1v) is 10.9. The third kappa shape index (κ3) is 6.44. The highest BCUT2D eigenvalue weighted by molar-refractivity contribution is 14.1. The summed E-state index contributed by atoms with van der Waals surface area (Å²) in [5.41, 5.74) is 4.18. The molecule has 0 saturated carbocycles. The van der Waals surface area contributed by atoms with Gasteiger partial charge < -0.3 is 14.8 Å². The zero-order valence-corrected chi connectivity index (χ0v) is 19.9. The molecule has 0 fully saturated rings. The second-order valence-electron chi connectivity index (χ2n) is 6.42. The van der Waals surface area contributed by atoms with Gasteiger partial charge in [-0.2, -0.15) is 5.10 Å². The van der Waals surface area contributed by atoms with Crippen LogP contribution in [0.2, 0.25) is 5.02 Å². The normalized spacial score (nSPS) is 10.6. The van der Waals surface area contributed by atoms with Crippen LogP contribution >= 0.6 is 34.2 Å². The van der Waals surface area contributed by atoms with Crippen molar-refractivity contribution >= 4 is 57.9 Å². The van der Waals surface area contributed by atoms with Gasteiger partial charge in [-0.05, 0) is 64.6 Å². The van der Waals surface area contributed by atoms with Gasteiger partial charge in [-0.1, -0.05) is 41.9 Å². The number of hydrogen-bond donors (Lipinski definition) is 2. The number of amides is 2. The van der Waals surface area contributed by atoms with Crippen molar-refractivity contribution in [2.75, 3.05) is 19.0 Å². The van der Waals surface area contributed by atoms with E-state index in [4.69, 9.17) is 21.1 Å². The summed E-state index contributed by atoms with van der Waals surface area (Å²) < 4.78 is 11.8. The number of nitrogens with one attached hydrogen (secondary N) is 2. The minimum absolute atomic E-state index is 0.224. The number of carbonyl (C=O) groups is 2. The number of methoxy groups -OCH3 is 1. The highest BCUT2D eigenvalue weighted by atomic mass is 127. The van der Waals surface area contributed by atoms with Gasteiger partial charge in [-0.3, -0.25) is 9.59 Å². The van der Waals surface area contributed by atoms with E-state index < -0.39 is 0 Å². The van der Waals surface area contributed by atoms with Crippen molar-refractivity contribution in [3.8, 4) is 11.5 Å². The molecule has 7 nitrogen and oxygen atoms in total. The van der Waals surface area contributed by atoms with Crippen LogP contribution in [-0.4, -0.2) is 31.7 Å². The topological polar surface area (TPSA) is 89.0 Å². The van der Waals surface area contributed by atoms with Crippen LogP contribution in [0.3, 0.4) is 0 Å². The minimum atomic E-state index is -0.356. The molecule has 0 aliphatic rings. The van der Waals surface area contributed by atoms with Crippen molar-refractivity contribution in [2.24, 2.45) is 5.10 Å². The maximum atomic E-state index is 12.2. The Bertz CT molecular complexity index is 1140. The molecule has 2 amide bonds. The van der Waals surface area contributed by atoms with E-state index in [2.05, 4.69) is 38.4 Å². The zero-order chi connectivity index (χ0) is 22.9. The Balaban J connectivity index is 1.63. The van der Waals surface area contributed by atoms with Crippen molar-refractivity contribution in [3.63, 3.8) is 0 Å². The number of ether oxygens (including phenoxy) is 2. The standard InChI is InChI=1S/C23H19ClIN3O4/c1-31-20-12-15(13-26-28-23(30)16-7-3-2-4-8-16)11-18(25)22(20)32-14-21(29)27-19-10-6-5-9-17(19)24/h2-13H,14H2,1H3,(H,27,29)(H,28,30)/b26-13+. The van der Waals surface area contributed by atoms with E-state index in [0.29, 0.717) is 36.9 Å². The summed E-state index contributed by atoms with van der Waals surface area (Å²) in [6, 6.07) is 19.2. The molecule has 3 aromatic carbocycles. The van der Waals surface area contributed by atoms with Gasteiger partial charge in [0.05, 0.1) is 27.6 Å². The molecule has 0 bridgehead atoms. The number of hydrazone groups is 1. The Labute approximate surface area is 203 Å². The Morgan fingerprint density at radius 2 is 1.81 bits per heavy atom. The first-order chi connectivity index (χ1) is 15.5. The number of carbonyl (C=O) groups excluding carboxylic acids is 2. The highest BCUT2D eigenvalue weighted by Gasteiger charge is 2.14. The molecule has 0 aliphatic heterocycles. The molecule has 0 radical (unpaired) electrons. The smallest absolute Gasteiger partial charge is 0.271 e. The van der Waals surface area contributed by atoms with Gasteiger partial charge in [0.1, 0.15) is 0 Å². The Hall–Kier alpha value is -3.11. The molecular weight excluding hydrogens is 545 g/mol. The molecule has 0 heterocycles. The lowest BCUT2D eigenvalue weighted by molar-refractivity contribution is -0.118. The number of rotatable bonds is 8. The largest absolute Gasteiger partial charge is 0.493 e. The van der Waals surface area contributed by atoms with E-state index in [1.807, 2.05) is 6.07 Å². The van der Waals surface area contributed by atoms with Crippen molar-refractivity contribution in [1.82, 2.24) is 5.43 Å². The zero-order valence-electron chi connectivity index (χ0n) is 17.0. The SMILES string of the molecule is COc1cc(/C=N/NC(=O)c2ccccc2)cc(I)c1OCC(=O)Nc1ccccc1Cl. The molecule has 32 heavy (non-hydrogen) atoms. The quantitative estimate of drug-likeness (QED) is 0.236. The number of benzene rings is 3. The highest BCUT2D eigenvalue weighted by Crippen LogP contribution is 2.33. The summed E-state index contributed by atoms with van der Waals surface area (Å²) in [5, 5.41) is 7.13. The average molecular weight is 564 g/mol. The van der Waals surface area contributed by atoms with Crippen molar-refractivity contribution < 1.29 is 19.1 Å². The molecule has 9 heteroatoms. The van der Waals surface area contributed by atoms with Crippen LogP contribution in [0.5, 0.6) is 11.5 Å². The molecule has 0 unspecified atom stereocenters. The fourth-order valence-electron chi connectivity index (χ4n) is 2.66. The van der Waals surface area contributed by atoms with Crippen LogP contribution in [0, 0.1) is 3.57 Å². The molecule has 0 aromatic heterocycles. The van der Waals surface area contributed by atoms with Gasteiger partial charge >= 0.3 is 0 Å². The van der Waals surface area contributed by atoms with E-state index in [9.17, 15) is 9.59 Å².